The summed E-state index contributed by atoms with van der Waals surface area (Å²) >= 11 is 5.58. The van der Waals surface area contributed by atoms with Crippen molar-refractivity contribution in [3.05, 3.63) is 53.1 Å². The molecular formula is C12H10ClFN2O2S. The predicted molar refractivity (Wildman–Crippen MR) is 71.2 cm³/mol. The Labute approximate surface area is 115 Å². The Morgan fingerprint density at radius 1 is 1.26 bits per heavy atom. The second-order valence-electron chi connectivity index (χ2n) is 3.91. The minimum Gasteiger partial charge on any atom is -0.277 e. The fraction of sp³-hybridized carbons (Fsp3) is 0.0833. The Kier molecular flexibility index (Phi) is 3.73. The number of pyridine rings is 1. The lowest BCUT2D eigenvalue weighted by Gasteiger charge is -2.09. The molecule has 0 amide bonds. The molecule has 1 aromatic carbocycles. The number of benzene rings is 1. The molecule has 0 radical (unpaired) electrons. The van der Waals surface area contributed by atoms with Gasteiger partial charge >= 0.3 is 0 Å². The van der Waals surface area contributed by atoms with Crippen LogP contribution in [0.4, 0.5) is 10.1 Å². The summed E-state index contributed by atoms with van der Waals surface area (Å²) in [5.74, 6) is -0.634. The second-order valence-corrected chi connectivity index (χ2v) is 5.98. The van der Waals surface area contributed by atoms with Crippen LogP contribution in [-0.4, -0.2) is 13.4 Å². The van der Waals surface area contributed by atoms with Crippen LogP contribution in [0.5, 0.6) is 0 Å². The zero-order valence-electron chi connectivity index (χ0n) is 9.89. The lowest BCUT2D eigenvalue weighted by molar-refractivity contribution is 0.598. The van der Waals surface area contributed by atoms with Gasteiger partial charge in [-0.1, -0.05) is 17.7 Å². The van der Waals surface area contributed by atoms with Crippen LogP contribution in [0.25, 0.3) is 0 Å². The quantitative estimate of drug-likeness (QED) is 0.887. The number of hydrogen-bond acceptors (Lipinski definition) is 3. The molecule has 0 saturated carbocycles. The maximum Gasteiger partial charge on any atom is 0.263 e. The topological polar surface area (TPSA) is 59.1 Å². The van der Waals surface area contributed by atoms with Gasteiger partial charge in [-0.15, -0.1) is 0 Å². The third-order valence-corrected chi connectivity index (χ3v) is 3.95. The molecular weight excluding hydrogens is 291 g/mol. The summed E-state index contributed by atoms with van der Waals surface area (Å²) < 4.78 is 39.7. The largest absolute Gasteiger partial charge is 0.277 e. The SMILES string of the molecule is Cc1ccc(NS(=O)(=O)c2ccc(Cl)nc2)c(F)c1. The molecule has 2 aromatic rings. The Bertz CT molecular complexity index is 702. The zero-order valence-corrected chi connectivity index (χ0v) is 11.5. The summed E-state index contributed by atoms with van der Waals surface area (Å²) in [5.41, 5.74) is 0.592. The molecule has 1 heterocycles. The second kappa shape index (κ2) is 5.14. The molecule has 1 N–H and O–H groups in total. The number of anilines is 1. The van der Waals surface area contributed by atoms with E-state index < -0.39 is 15.8 Å². The number of hydrogen-bond donors (Lipinski definition) is 1. The Hall–Kier alpha value is -1.66. The fourth-order valence-corrected chi connectivity index (χ4v) is 2.55. The van der Waals surface area contributed by atoms with E-state index in [1.54, 1.807) is 13.0 Å². The highest BCUT2D eigenvalue weighted by molar-refractivity contribution is 7.92. The molecule has 7 heteroatoms. The minimum absolute atomic E-state index is 0.0862. The van der Waals surface area contributed by atoms with Gasteiger partial charge in [0.05, 0.1) is 5.69 Å². The minimum atomic E-state index is -3.88. The number of aromatic nitrogens is 1. The fourth-order valence-electron chi connectivity index (χ4n) is 1.43. The van der Waals surface area contributed by atoms with Gasteiger partial charge in [0.15, 0.2) is 0 Å². The predicted octanol–water partition coefficient (Wildman–Crippen LogP) is 2.98. The number of nitrogens with one attached hydrogen (secondary N) is 1. The third-order valence-electron chi connectivity index (χ3n) is 2.38. The molecule has 0 aliphatic rings. The van der Waals surface area contributed by atoms with Crippen molar-refractivity contribution in [1.82, 2.24) is 4.98 Å². The van der Waals surface area contributed by atoms with E-state index in [4.69, 9.17) is 11.6 Å². The molecule has 2 rings (SSSR count). The molecule has 0 fully saturated rings. The normalized spacial score (nSPS) is 11.3. The average molecular weight is 301 g/mol. The zero-order chi connectivity index (χ0) is 14.0. The van der Waals surface area contributed by atoms with Gasteiger partial charge < -0.3 is 0 Å². The van der Waals surface area contributed by atoms with E-state index in [1.165, 1.54) is 24.3 Å². The number of nitrogens with zero attached hydrogens (tertiary/aromatic N) is 1. The van der Waals surface area contributed by atoms with Crippen molar-refractivity contribution in [2.75, 3.05) is 4.72 Å². The van der Waals surface area contributed by atoms with Crippen LogP contribution in [-0.2, 0) is 10.0 Å². The summed E-state index contributed by atoms with van der Waals surface area (Å²) in [5, 5.41) is 0.181. The number of halogens is 2. The number of sulfonamides is 1. The van der Waals surface area contributed by atoms with Crippen molar-refractivity contribution in [1.29, 1.82) is 0 Å². The lowest BCUT2D eigenvalue weighted by Crippen LogP contribution is -2.14. The lowest BCUT2D eigenvalue weighted by atomic mass is 10.2. The Balaban J connectivity index is 2.33. The molecule has 0 aliphatic carbocycles. The van der Waals surface area contributed by atoms with Crippen LogP contribution in [0.2, 0.25) is 5.15 Å². The molecule has 0 aliphatic heterocycles. The highest BCUT2D eigenvalue weighted by atomic mass is 35.5. The highest BCUT2D eigenvalue weighted by Gasteiger charge is 2.16. The summed E-state index contributed by atoms with van der Waals surface area (Å²) in [6.45, 7) is 1.71. The van der Waals surface area contributed by atoms with Crippen LogP contribution >= 0.6 is 11.6 Å². The van der Waals surface area contributed by atoms with Gasteiger partial charge in [-0.2, -0.15) is 0 Å². The maximum atomic E-state index is 13.6. The summed E-state index contributed by atoms with van der Waals surface area (Å²) in [7, 11) is -3.88. The first-order valence-corrected chi connectivity index (χ1v) is 7.15. The van der Waals surface area contributed by atoms with Crippen LogP contribution in [0, 0.1) is 12.7 Å². The van der Waals surface area contributed by atoms with E-state index in [1.807, 2.05) is 0 Å². The Morgan fingerprint density at radius 2 is 2.00 bits per heavy atom. The molecule has 0 atom stereocenters. The van der Waals surface area contributed by atoms with Crippen molar-refractivity contribution >= 4 is 27.3 Å². The molecule has 4 nitrogen and oxygen atoms in total. The molecule has 0 unspecified atom stereocenters. The van der Waals surface area contributed by atoms with Gasteiger partial charge in [-0.05, 0) is 36.8 Å². The van der Waals surface area contributed by atoms with Crippen molar-refractivity contribution in [3.8, 4) is 0 Å². The van der Waals surface area contributed by atoms with Crippen molar-refractivity contribution in [2.45, 2.75) is 11.8 Å². The van der Waals surface area contributed by atoms with Crippen LogP contribution in [0.15, 0.2) is 41.4 Å². The number of aryl methyl sites for hydroxylation is 1. The van der Waals surface area contributed by atoms with Crippen molar-refractivity contribution < 1.29 is 12.8 Å². The molecule has 100 valence electrons. The molecule has 19 heavy (non-hydrogen) atoms. The monoisotopic (exact) mass is 300 g/mol. The van der Waals surface area contributed by atoms with Gasteiger partial charge in [0.2, 0.25) is 0 Å². The van der Waals surface area contributed by atoms with Crippen molar-refractivity contribution in [2.24, 2.45) is 0 Å². The van der Waals surface area contributed by atoms with Gasteiger partial charge in [-0.3, -0.25) is 4.72 Å². The standard InChI is InChI=1S/C12H10ClFN2O2S/c1-8-2-4-11(10(14)6-8)16-19(17,18)9-3-5-12(13)15-7-9/h2-7,16H,1H3. The van der Waals surface area contributed by atoms with Crippen molar-refractivity contribution in [3.63, 3.8) is 0 Å². The molecule has 0 spiro atoms. The third kappa shape index (κ3) is 3.21. The van der Waals surface area contributed by atoms with Gasteiger partial charge in [-0.25, -0.2) is 17.8 Å². The van der Waals surface area contributed by atoms with E-state index in [9.17, 15) is 12.8 Å². The first-order valence-electron chi connectivity index (χ1n) is 5.29. The van der Waals surface area contributed by atoms with Gasteiger partial charge in [0.25, 0.3) is 10.0 Å². The molecule has 0 saturated heterocycles. The van der Waals surface area contributed by atoms with E-state index in [-0.39, 0.29) is 15.7 Å². The molecule has 0 bridgehead atoms. The van der Waals surface area contributed by atoms with E-state index in [0.717, 1.165) is 6.20 Å². The van der Waals surface area contributed by atoms with Gasteiger partial charge in [0.1, 0.15) is 15.9 Å². The molecule has 1 aromatic heterocycles. The van der Waals surface area contributed by atoms with E-state index in [0.29, 0.717) is 5.56 Å². The first kappa shape index (κ1) is 13.8. The smallest absolute Gasteiger partial charge is 0.263 e. The van der Waals surface area contributed by atoms with E-state index >= 15 is 0 Å². The first-order chi connectivity index (χ1) is 8.88. The number of rotatable bonds is 3. The van der Waals surface area contributed by atoms with Crippen LogP contribution in [0.1, 0.15) is 5.56 Å². The van der Waals surface area contributed by atoms with Crippen LogP contribution < -0.4 is 4.72 Å². The summed E-state index contributed by atoms with van der Waals surface area (Å²) in [6.07, 6.45) is 1.11. The highest BCUT2D eigenvalue weighted by Crippen LogP contribution is 2.20. The Morgan fingerprint density at radius 3 is 2.58 bits per heavy atom. The van der Waals surface area contributed by atoms with E-state index in [2.05, 4.69) is 9.71 Å². The summed E-state index contributed by atoms with van der Waals surface area (Å²) in [4.78, 5) is 3.59. The summed E-state index contributed by atoms with van der Waals surface area (Å²) in [6, 6.07) is 6.87. The average Bonchev–Trinajstić information content (AvgIpc) is 2.33. The van der Waals surface area contributed by atoms with Gasteiger partial charge in [0, 0.05) is 6.20 Å². The maximum absolute atomic E-state index is 13.6. The van der Waals surface area contributed by atoms with Crippen LogP contribution in [0.3, 0.4) is 0 Å².